The molecule has 0 amide bonds. The van der Waals surface area contributed by atoms with E-state index in [0.717, 1.165) is 25.7 Å². The van der Waals surface area contributed by atoms with Crippen LogP contribution in [-0.4, -0.2) is 28.2 Å². The van der Waals surface area contributed by atoms with Crippen molar-refractivity contribution in [1.29, 1.82) is 0 Å². The summed E-state index contributed by atoms with van der Waals surface area (Å²) in [5.41, 5.74) is 0. The summed E-state index contributed by atoms with van der Waals surface area (Å²) in [5.74, 6) is -0.250. The Kier molecular flexibility index (Phi) is 7.03. The molecule has 0 heterocycles. The zero-order valence-corrected chi connectivity index (χ0v) is 11.8. The fourth-order valence-corrected chi connectivity index (χ4v) is 2.66. The second kappa shape index (κ2) is 8.28. The lowest BCUT2D eigenvalue weighted by Crippen LogP contribution is -2.18. The second-order valence-corrected chi connectivity index (χ2v) is 5.39. The number of carbonyl (C=O) groups excluding carboxylic acids is 1. The smallest absolute Gasteiger partial charge is 0.139 e. The fourth-order valence-electron chi connectivity index (χ4n) is 2.66. The summed E-state index contributed by atoms with van der Waals surface area (Å²) < 4.78 is 0. The van der Waals surface area contributed by atoms with Crippen molar-refractivity contribution in [3.05, 3.63) is 24.8 Å². The SMILES string of the molecule is C=CC[C@H]1C(=O)C[C@H](O)[C@@H]1C=C[C@@H](O)CCCCC. The average Bonchev–Trinajstić information content (AvgIpc) is 2.63. The van der Waals surface area contributed by atoms with E-state index >= 15 is 0 Å². The first kappa shape index (κ1) is 16.1. The number of carbonyl (C=O) groups is 1. The predicted octanol–water partition coefficient (Wildman–Crippen LogP) is 2.63. The molecule has 0 saturated heterocycles. The summed E-state index contributed by atoms with van der Waals surface area (Å²) in [4.78, 5) is 11.7. The van der Waals surface area contributed by atoms with Gasteiger partial charge in [-0.2, -0.15) is 0 Å². The van der Waals surface area contributed by atoms with Crippen molar-refractivity contribution < 1.29 is 15.0 Å². The highest BCUT2D eigenvalue weighted by molar-refractivity contribution is 5.84. The Morgan fingerprint density at radius 3 is 2.84 bits per heavy atom. The largest absolute Gasteiger partial charge is 0.392 e. The first-order chi connectivity index (χ1) is 9.10. The van der Waals surface area contributed by atoms with Crippen LogP contribution >= 0.6 is 0 Å². The summed E-state index contributed by atoms with van der Waals surface area (Å²) in [6, 6.07) is 0. The molecule has 2 N–H and O–H groups in total. The van der Waals surface area contributed by atoms with Gasteiger partial charge in [0, 0.05) is 18.3 Å². The van der Waals surface area contributed by atoms with Crippen molar-refractivity contribution in [2.45, 2.75) is 57.7 Å². The van der Waals surface area contributed by atoms with E-state index in [1.54, 1.807) is 12.2 Å². The molecule has 0 radical (unpaired) electrons. The van der Waals surface area contributed by atoms with Gasteiger partial charge in [0.2, 0.25) is 0 Å². The third kappa shape index (κ3) is 4.92. The van der Waals surface area contributed by atoms with Gasteiger partial charge in [-0.05, 0) is 12.8 Å². The van der Waals surface area contributed by atoms with Crippen LogP contribution in [0.5, 0.6) is 0 Å². The topological polar surface area (TPSA) is 57.5 Å². The van der Waals surface area contributed by atoms with E-state index in [1.165, 1.54) is 0 Å². The Morgan fingerprint density at radius 1 is 1.47 bits per heavy atom. The Balaban J connectivity index is 2.52. The van der Waals surface area contributed by atoms with Crippen molar-refractivity contribution in [3.8, 4) is 0 Å². The number of aliphatic hydroxyl groups excluding tert-OH is 2. The van der Waals surface area contributed by atoms with Crippen LogP contribution in [0.1, 0.15) is 45.4 Å². The van der Waals surface area contributed by atoms with E-state index in [9.17, 15) is 15.0 Å². The van der Waals surface area contributed by atoms with E-state index in [1.807, 2.05) is 6.08 Å². The lowest BCUT2D eigenvalue weighted by atomic mass is 9.90. The molecule has 3 nitrogen and oxygen atoms in total. The Hall–Kier alpha value is -0.930. The van der Waals surface area contributed by atoms with E-state index in [2.05, 4.69) is 13.5 Å². The number of hydrogen-bond donors (Lipinski definition) is 2. The number of hydrogen-bond acceptors (Lipinski definition) is 3. The van der Waals surface area contributed by atoms with E-state index < -0.39 is 12.2 Å². The van der Waals surface area contributed by atoms with Gasteiger partial charge in [0.1, 0.15) is 5.78 Å². The molecule has 1 fully saturated rings. The predicted molar refractivity (Wildman–Crippen MR) is 76.7 cm³/mol. The quantitative estimate of drug-likeness (QED) is 0.524. The third-order valence-corrected chi connectivity index (χ3v) is 3.81. The number of aliphatic hydroxyl groups is 2. The summed E-state index contributed by atoms with van der Waals surface area (Å²) >= 11 is 0. The molecule has 0 spiro atoms. The number of rotatable bonds is 8. The minimum absolute atomic E-state index is 0.0996. The highest BCUT2D eigenvalue weighted by atomic mass is 16.3. The van der Waals surface area contributed by atoms with Crippen molar-refractivity contribution >= 4 is 5.78 Å². The lowest BCUT2D eigenvalue weighted by molar-refractivity contribution is -0.121. The standard InChI is InChI=1S/C16H26O3/c1-3-5-6-8-12(17)9-10-14-13(7-4-2)15(18)11-16(14)19/h4,9-10,12-14,16-17,19H,2-3,5-8,11H2,1H3/t12-,13+,14+,16-/m0/s1. The van der Waals surface area contributed by atoms with Gasteiger partial charge in [0.25, 0.3) is 0 Å². The Morgan fingerprint density at radius 2 is 2.21 bits per heavy atom. The normalized spacial score (nSPS) is 29.0. The average molecular weight is 266 g/mol. The maximum absolute atomic E-state index is 11.7. The van der Waals surface area contributed by atoms with E-state index in [-0.39, 0.29) is 24.0 Å². The molecule has 1 saturated carbocycles. The van der Waals surface area contributed by atoms with Gasteiger partial charge in [-0.25, -0.2) is 0 Å². The van der Waals surface area contributed by atoms with Gasteiger partial charge in [-0.3, -0.25) is 4.79 Å². The molecular weight excluding hydrogens is 240 g/mol. The van der Waals surface area contributed by atoms with Crippen molar-refractivity contribution in [1.82, 2.24) is 0 Å². The van der Waals surface area contributed by atoms with Crippen LogP contribution in [0.3, 0.4) is 0 Å². The molecule has 108 valence electrons. The highest BCUT2D eigenvalue weighted by Crippen LogP contribution is 2.33. The minimum Gasteiger partial charge on any atom is -0.392 e. The Labute approximate surface area is 116 Å². The molecular formula is C16H26O3. The third-order valence-electron chi connectivity index (χ3n) is 3.81. The van der Waals surface area contributed by atoms with Crippen molar-refractivity contribution in [3.63, 3.8) is 0 Å². The molecule has 0 aromatic heterocycles. The van der Waals surface area contributed by atoms with Gasteiger partial charge < -0.3 is 10.2 Å². The van der Waals surface area contributed by atoms with Crippen LogP contribution in [0, 0.1) is 11.8 Å². The van der Waals surface area contributed by atoms with Crippen LogP contribution in [0.4, 0.5) is 0 Å². The van der Waals surface area contributed by atoms with Crippen molar-refractivity contribution in [2.75, 3.05) is 0 Å². The molecule has 0 unspecified atom stereocenters. The molecule has 1 aliphatic carbocycles. The fraction of sp³-hybridized carbons (Fsp3) is 0.688. The summed E-state index contributed by atoms with van der Waals surface area (Å²) in [5, 5.41) is 19.7. The molecule has 1 aliphatic rings. The summed E-state index contributed by atoms with van der Waals surface area (Å²) in [6.07, 6.45) is 9.00. The molecule has 0 aromatic rings. The minimum atomic E-state index is -0.614. The first-order valence-corrected chi connectivity index (χ1v) is 7.28. The van der Waals surface area contributed by atoms with Crippen molar-refractivity contribution in [2.24, 2.45) is 11.8 Å². The van der Waals surface area contributed by atoms with Crippen LogP contribution in [-0.2, 0) is 4.79 Å². The molecule has 0 aromatic carbocycles. The zero-order chi connectivity index (χ0) is 14.3. The van der Waals surface area contributed by atoms with Crippen LogP contribution in [0.25, 0.3) is 0 Å². The number of Topliss-reactive ketones (excluding diaryl/α,β-unsaturated/α-hetero) is 1. The monoisotopic (exact) mass is 266 g/mol. The van der Waals surface area contributed by atoms with Crippen LogP contribution in [0.2, 0.25) is 0 Å². The van der Waals surface area contributed by atoms with Crippen LogP contribution in [0.15, 0.2) is 24.8 Å². The van der Waals surface area contributed by atoms with Gasteiger partial charge in [0.15, 0.2) is 0 Å². The van der Waals surface area contributed by atoms with E-state index in [4.69, 9.17) is 0 Å². The number of allylic oxidation sites excluding steroid dienone is 1. The van der Waals surface area contributed by atoms with Gasteiger partial charge in [-0.15, -0.1) is 6.58 Å². The summed E-state index contributed by atoms with van der Waals surface area (Å²) in [7, 11) is 0. The molecule has 0 aliphatic heterocycles. The zero-order valence-electron chi connectivity index (χ0n) is 11.8. The van der Waals surface area contributed by atoms with E-state index in [0.29, 0.717) is 6.42 Å². The number of unbranched alkanes of at least 4 members (excludes halogenated alkanes) is 2. The van der Waals surface area contributed by atoms with Gasteiger partial charge in [0.05, 0.1) is 12.2 Å². The molecule has 1 rings (SSSR count). The highest BCUT2D eigenvalue weighted by Gasteiger charge is 2.38. The van der Waals surface area contributed by atoms with Gasteiger partial charge >= 0.3 is 0 Å². The maximum Gasteiger partial charge on any atom is 0.139 e. The lowest BCUT2D eigenvalue weighted by Gasteiger charge is -2.16. The maximum atomic E-state index is 11.7. The second-order valence-electron chi connectivity index (χ2n) is 5.39. The Bertz CT molecular complexity index is 322. The molecule has 4 atom stereocenters. The molecule has 0 bridgehead atoms. The summed E-state index contributed by atoms with van der Waals surface area (Å²) in [6.45, 7) is 5.78. The number of ketones is 1. The molecule has 19 heavy (non-hydrogen) atoms. The molecule has 3 heteroatoms. The van der Waals surface area contributed by atoms with Crippen LogP contribution < -0.4 is 0 Å². The van der Waals surface area contributed by atoms with Gasteiger partial charge in [-0.1, -0.05) is 44.4 Å². The first-order valence-electron chi connectivity index (χ1n) is 7.28.